The number of H-pyrrole nitrogens is 1. The summed E-state index contributed by atoms with van der Waals surface area (Å²) >= 11 is 0. The summed E-state index contributed by atoms with van der Waals surface area (Å²) in [5.74, 6) is -0.392. The average Bonchev–Trinajstić information content (AvgIpc) is 3.04. The molecule has 3 aromatic rings. The van der Waals surface area contributed by atoms with Gasteiger partial charge >= 0.3 is 6.18 Å². The zero-order valence-corrected chi connectivity index (χ0v) is 12.9. The number of hydrogen-bond acceptors (Lipinski definition) is 3. The highest BCUT2D eigenvalue weighted by Gasteiger charge is 2.40. The van der Waals surface area contributed by atoms with Crippen LogP contribution in [-0.2, 0) is 6.54 Å². The summed E-state index contributed by atoms with van der Waals surface area (Å²) in [5, 5.41) is 9.12. The van der Waals surface area contributed by atoms with Crippen LogP contribution in [0.5, 0.6) is 0 Å². The van der Waals surface area contributed by atoms with Crippen molar-refractivity contribution in [3.05, 3.63) is 71.9 Å². The molecule has 0 aliphatic carbocycles. The molecule has 1 unspecified atom stereocenters. The standard InChI is InChI=1S/C17H14F4N4/c18-14-5-3-11(4-6-14)15-13(10-24-25-15)9-23-16(17(19,20)21)12-2-1-7-22-8-12/h1-8,10,16,23H,9H2,(H,24,25). The van der Waals surface area contributed by atoms with Crippen LogP contribution in [0, 0.1) is 5.82 Å². The predicted molar refractivity (Wildman–Crippen MR) is 83.9 cm³/mol. The molecular weight excluding hydrogens is 336 g/mol. The van der Waals surface area contributed by atoms with E-state index in [9.17, 15) is 17.6 Å². The number of nitrogens with zero attached hydrogens (tertiary/aromatic N) is 2. The molecule has 25 heavy (non-hydrogen) atoms. The highest BCUT2D eigenvalue weighted by molar-refractivity contribution is 5.62. The molecule has 0 radical (unpaired) electrons. The van der Waals surface area contributed by atoms with E-state index in [1.165, 1.54) is 55.0 Å². The fourth-order valence-electron chi connectivity index (χ4n) is 2.49. The smallest absolute Gasteiger partial charge is 0.298 e. The van der Waals surface area contributed by atoms with Crippen LogP contribution in [0.15, 0.2) is 55.0 Å². The van der Waals surface area contributed by atoms with Crippen molar-refractivity contribution in [2.75, 3.05) is 0 Å². The Kier molecular flexibility index (Phi) is 4.80. The van der Waals surface area contributed by atoms with Crippen LogP contribution in [0.3, 0.4) is 0 Å². The van der Waals surface area contributed by atoms with E-state index in [-0.39, 0.29) is 12.1 Å². The van der Waals surface area contributed by atoms with E-state index < -0.39 is 18.0 Å². The van der Waals surface area contributed by atoms with Crippen LogP contribution >= 0.6 is 0 Å². The minimum absolute atomic E-state index is 0.0295. The maximum absolute atomic E-state index is 13.3. The first-order valence-electron chi connectivity index (χ1n) is 7.43. The molecule has 130 valence electrons. The number of hydrogen-bond donors (Lipinski definition) is 2. The van der Waals surface area contributed by atoms with Gasteiger partial charge in [0.15, 0.2) is 0 Å². The van der Waals surface area contributed by atoms with Crippen molar-refractivity contribution >= 4 is 0 Å². The Morgan fingerprint density at radius 3 is 2.48 bits per heavy atom. The number of benzene rings is 1. The third-order valence-corrected chi connectivity index (χ3v) is 3.69. The number of pyridine rings is 1. The van der Waals surface area contributed by atoms with Crippen LogP contribution in [-0.4, -0.2) is 21.4 Å². The first-order chi connectivity index (χ1) is 11.9. The zero-order valence-electron chi connectivity index (χ0n) is 12.9. The molecule has 0 aliphatic heterocycles. The minimum Gasteiger partial charge on any atom is -0.298 e. The van der Waals surface area contributed by atoms with Gasteiger partial charge in [0.05, 0.1) is 11.9 Å². The third kappa shape index (κ3) is 4.03. The number of nitrogens with one attached hydrogen (secondary N) is 2. The summed E-state index contributed by atoms with van der Waals surface area (Å²) < 4.78 is 53.1. The summed E-state index contributed by atoms with van der Waals surface area (Å²) in [6.07, 6.45) is -0.424. The van der Waals surface area contributed by atoms with Crippen LogP contribution in [0.25, 0.3) is 11.3 Å². The zero-order chi connectivity index (χ0) is 17.9. The van der Waals surface area contributed by atoms with Gasteiger partial charge in [-0.2, -0.15) is 18.3 Å². The largest absolute Gasteiger partial charge is 0.407 e. The Morgan fingerprint density at radius 1 is 1.08 bits per heavy atom. The van der Waals surface area contributed by atoms with Gasteiger partial charge < -0.3 is 0 Å². The Hall–Kier alpha value is -2.74. The number of aromatic nitrogens is 3. The summed E-state index contributed by atoms with van der Waals surface area (Å²) in [4.78, 5) is 3.74. The van der Waals surface area contributed by atoms with Gasteiger partial charge in [-0.15, -0.1) is 0 Å². The highest BCUT2D eigenvalue weighted by atomic mass is 19.4. The molecule has 0 spiro atoms. The molecule has 0 saturated carbocycles. The molecule has 1 atom stereocenters. The van der Waals surface area contributed by atoms with E-state index >= 15 is 0 Å². The predicted octanol–water partition coefficient (Wildman–Crippen LogP) is 4.00. The molecule has 0 amide bonds. The van der Waals surface area contributed by atoms with Gasteiger partial charge in [-0.1, -0.05) is 6.07 Å². The van der Waals surface area contributed by atoms with E-state index in [4.69, 9.17) is 0 Å². The number of aromatic amines is 1. The van der Waals surface area contributed by atoms with E-state index in [1.807, 2.05) is 0 Å². The lowest BCUT2D eigenvalue weighted by Gasteiger charge is -2.21. The van der Waals surface area contributed by atoms with Crippen LogP contribution in [0.2, 0.25) is 0 Å². The number of halogens is 4. The molecule has 2 N–H and O–H groups in total. The van der Waals surface area contributed by atoms with Crippen LogP contribution in [0.1, 0.15) is 17.2 Å². The Morgan fingerprint density at radius 2 is 1.84 bits per heavy atom. The molecule has 2 heterocycles. The normalized spacial score (nSPS) is 13.0. The molecule has 0 saturated heterocycles. The fourth-order valence-corrected chi connectivity index (χ4v) is 2.49. The summed E-state index contributed by atoms with van der Waals surface area (Å²) in [7, 11) is 0. The molecule has 8 heteroatoms. The topological polar surface area (TPSA) is 53.6 Å². The third-order valence-electron chi connectivity index (χ3n) is 3.69. The van der Waals surface area contributed by atoms with Gasteiger partial charge in [0.1, 0.15) is 11.9 Å². The van der Waals surface area contributed by atoms with Crippen LogP contribution < -0.4 is 5.32 Å². The molecule has 3 rings (SSSR count). The first-order valence-corrected chi connectivity index (χ1v) is 7.43. The summed E-state index contributed by atoms with van der Waals surface area (Å²) in [5.41, 5.74) is 1.76. The SMILES string of the molecule is Fc1ccc(-c2[nH]ncc2CNC(c2cccnc2)C(F)(F)F)cc1. The van der Waals surface area contributed by atoms with Crippen molar-refractivity contribution in [2.24, 2.45) is 0 Å². The van der Waals surface area contributed by atoms with Gasteiger partial charge in [0.2, 0.25) is 0 Å². The lowest BCUT2D eigenvalue weighted by molar-refractivity contribution is -0.158. The molecule has 0 fully saturated rings. The van der Waals surface area contributed by atoms with Crippen LogP contribution in [0.4, 0.5) is 17.6 Å². The lowest BCUT2D eigenvalue weighted by atomic mass is 10.1. The maximum Gasteiger partial charge on any atom is 0.407 e. The van der Waals surface area contributed by atoms with Gasteiger partial charge in [-0.3, -0.25) is 15.4 Å². The van der Waals surface area contributed by atoms with Gasteiger partial charge in [-0.25, -0.2) is 4.39 Å². The average molecular weight is 350 g/mol. The van der Waals surface area contributed by atoms with Crippen molar-refractivity contribution in [2.45, 2.75) is 18.8 Å². The fraction of sp³-hybridized carbons (Fsp3) is 0.176. The second kappa shape index (κ2) is 7.02. The lowest BCUT2D eigenvalue weighted by Crippen LogP contribution is -2.33. The van der Waals surface area contributed by atoms with Crippen molar-refractivity contribution in [1.82, 2.24) is 20.5 Å². The monoisotopic (exact) mass is 350 g/mol. The molecule has 0 bridgehead atoms. The van der Waals surface area contributed by atoms with Gasteiger partial charge in [-0.05, 0) is 35.9 Å². The Bertz CT molecular complexity index is 813. The van der Waals surface area contributed by atoms with E-state index in [0.717, 1.165) is 0 Å². The van der Waals surface area contributed by atoms with Crippen molar-refractivity contribution in [1.29, 1.82) is 0 Å². The minimum atomic E-state index is -4.47. The van der Waals surface area contributed by atoms with E-state index in [1.54, 1.807) is 0 Å². The quantitative estimate of drug-likeness (QED) is 0.684. The summed E-state index contributed by atoms with van der Waals surface area (Å²) in [6, 6.07) is 6.61. The Balaban J connectivity index is 1.81. The molecule has 4 nitrogen and oxygen atoms in total. The van der Waals surface area contributed by atoms with Crippen molar-refractivity contribution in [3.63, 3.8) is 0 Å². The molecule has 1 aromatic carbocycles. The van der Waals surface area contributed by atoms with Crippen molar-refractivity contribution < 1.29 is 17.6 Å². The highest BCUT2D eigenvalue weighted by Crippen LogP contribution is 2.33. The van der Waals surface area contributed by atoms with E-state index in [2.05, 4.69) is 20.5 Å². The summed E-state index contributed by atoms with van der Waals surface area (Å²) in [6.45, 7) is -0.0672. The molecular formula is C17H14F4N4. The number of rotatable bonds is 5. The first kappa shape index (κ1) is 17.1. The second-order valence-electron chi connectivity index (χ2n) is 5.42. The molecule has 2 aromatic heterocycles. The van der Waals surface area contributed by atoms with Gasteiger partial charge in [0, 0.05) is 30.1 Å². The molecule has 0 aliphatic rings. The number of alkyl halides is 3. The maximum atomic E-state index is 13.3. The van der Waals surface area contributed by atoms with E-state index in [0.29, 0.717) is 16.8 Å². The van der Waals surface area contributed by atoms with Gasteiger partial charge in [0.25, 0.3) is 0 Å². The van der Waals surface area contributed by atoms with Crippen molar-refractivity contribution in [3.8, 4) is 11.3 Å². The Labute approximate surface area is 140 Å². The second-order valence-corrected chi connectivity index (χ2v) is 5.42.